The minimum atomic E-state index is -3.34. The minimum absolute atomic E-state index is 0.00663. The van der Waals surface area contributed by atoms with E-state index in [1.54, 1.807) is 7.11 Å². The zero-order chi connectivity index (χ0) is 11.9. The Morgan fingerprint density at radius 1 is 1.40 bits per heavy atom. The zero-order valence-corrected chi connectivity index (χ0v) is 11.8. The molecule has 15 heavy (non-hydrogen) atoms. The minimum Gasteiger partial charge on any atom is -0.383 e. The molecular weight excluding hydrogens is 284 g/mol. The lowest BCUT2D eigenvalue weighted by molar-refractivity contribution is 0.201. The topological polar surface area (TPSA) is 58.6 Å². The molecule has 0 aliphatic carbocycles. The first-order valence-electron chi connectivity index (χ1n) is 4.85. The third-order valence-electron chi connectivity index (χ3n) is 1.88. The van der Waals surface area contributed by atoms with Gasteiger partial charge in [-0.3, -0.25) is 0 Å². The largest absolute Gasteiger partial charge is 0.383 e. The molecule has 1 atom stereocenters. The van der Waals surface area contributed by atoms with Crippen molar-refractivity contribution in [3.8, 4) is 0 Å². The van der Waals surface area contributed by atoms with E-state index < -0.39 is 10.2 Å². The van der Waals surface area contributed by atoms with Crippen molar-refractivity contribution in [3.05, 3.63) is 0 Å². The van der Waals surface area contributed by atoms with Crippen LogP contribution in [0.1, 0.15) is 13.8 Å². The van der Waals surface area contributed by atoms with Gasteiger partial charge < -0.3 is 4.74 Å². The number of hydrogen-bond acceptors (Lipinski definition) is 3. The van der Waals surface area contributed by atoms with Gasteiger partial charge in [-0.2, -0.15) is 12.7 Å². The number of ether oxygens (including phenoxy) is 1. The van der Waals surface area contributed by atoms with Crippen molar-refractivity contribution < 1.29 is 13.2 Å². The molecule has 0 aromatic rings. The van der Waals surface area contributed by atoms with E-state index in [1.165, 1.54) is 4.31 Å². The maximum atomic E-state index is 11.7. The molecule has 0 amide bonds. The standard InChI is InChI=1S/C8H19BrN2O3S/c1-4-11(5-2)15(12,13)10-6-8(9)7-14-3/h8,10H,4-7H2,1-3H3. The second-order valence-electron chi connectivity index (χ2n) is 2.99. The van der Waals surface area contributed by atoms with E-state index in [4.69, 9.17) is 4.74 Å². The lowest BCUT2D eigenvalue weighted by Crippen LogP contribution is -2.43. The Kier molecular flexibility index (Phi) is 7.72. The predicted octanol–water partition coefficient (Wildman–Crippen LogP) is 0.573. The number of halogens is 1. The maximum Gasteiger partial charge on any atom is 0.279 e. The highest BCUT2D eigenvalue weighted by molar-refractivity contribution is 9.09. The van der Waals surface area contributed by atoms with E-state index >= 15 is 0 Å². The SMILES string of the molecule is CCN(CC)S(=O)(=O)NCC(Br)COC. The Morgan fingerprint density at radius 3 is 2.33 bits per heavy atom. The molecule has 0 radical (unpaired) electrons. The average Bonchev–Trinajstić information content (AvgIpc) is 2.17. The first-order chi connectivity index (χ1) is 6.97. The van der Waals surface area contributed by atoms with E-state index in [1.807, 2.05) is 13.8 Å². The Hall–Kier alpha value is 0.310. The fourth-order valence-corrected chi connectivity index (χ4v) is 3.01. The molecule has 0 saturated carbocycles. The molecule has 0 fully saturated rings. The number of alkyl halides is 1. The van der Waals surface area contributed by atoms with Crippen molar-refractivity contribution in [2.45, 2.75) is 18.7 Å². The van der Waals surface area contributed by atoms with Crippen LogP contribution in [0.15, 0.2) is 0 Å². The van der Waals surface area contributed by atoms with E-state index in [-0.39, 0.29) is 4.83 Å². The molecule has 0 rings (SSSR count). The average molecular weight is 303 g/mol. The Morgan fingerprint density at radius 2 is 1.93 bits per heavy atom. The van der Waals surface area contributed by atoms with Gasteiger partial charge in [0.15, 0.2) is 0 Å². The van der Waals surface area contributed by atoms with Gasteiger partial charge in [0.25, 0.3) is 10.2 Å². The van der Waals surface area contributed by atoms with Crippen molar-refractivity contribution >= 4 is 26.1 Å². The van der Waals surface area contributed by atoms with Gasteiger partial charge in [-0.05, 0) is 0 Å². The lowest BCUT2D eigenvalue weighted by Gasteiger charge is -2.19. The smallest absolute Gasteiger partial charge is 0.279 e. The Bertz CT molecular complexity index is 255. The van der Waals surface area contributed by atoms with Gasteiger partial charge in [-0.25, -0.2) is 4.72 Å². The summed E-state index contributed by atoms with van der Waals surface area (Å²) in [7, 11) is -1.76. The van der Waals surface area contributed by atoms with E-state index in [0.29, 0.717) is 26.2 Å². The van der Waals surface area contributed by atoms with Crippen LogP contribution in [0.3, 0.4) is 0 Å². The second-order valence-corrected chi connectivity index (χ2v) is 6.04. The summed E-state index contributed by atoms with van der Waals surface area (Å²) in [4.78, 5) is -0.00663. The van der Waals surface area contributed by atoms with Crippen molar-refractivity contribution in [2.24, 2.45) is 0 Å². The van der Waals surface area contributed by atoms with Crippen LogP contribution in [0.5, 0.6) is 0 Å². The fraction of sp³-hybridized carbons (Fsp3) is 1.00. The maximum absolute atomic E-state index is 11.7. The van der Waals surface area contributed by atoms with Crippen LogP contribution in [0, 0.1) is 0 Å². The number of nitrogens with zero attached hydrogens (tertiary/aromatic N) is 1. The highest BCUT2D eigenvalue weighted by atomic mass is 79.9. The van der Waals surface area contributed by atoms with Crippen LogP contribution in [-0.4, -0.2) is 50.9 Å². The normalized spacial score (nSPS) is 14.5. The Labute approximate surface area is 100 Å². The molecule has 0 aliphatic heterocycles. The van der Waals surface area contributed by atoms with Crippen LogP contribution < -0.4 is 4.72 Å². The molecule has 0 bridgehead atoms. The van der Waals surface area contributed by atoms with Crippen LogP contribution in [-0.2, 0) is 14.9 Å². The number of methoxy groups -OCH3 is 1. The molecule has 0 aromatic carbocycles. The first-order valence-corrected chi connectivity index (χ1v) is 7.21. The van der Waals surface area contributed by atoms with Gasteiger partial charge in [0, 0.05) is 26.7 Å². The second kappa shape index (κ2) is 7.56. The summed E-state index contributed by atoms with van der Waals surface area (Å²) < 4.78 is 32.1. The van der Waals surface area contributed by atoms with Crippen LogP contribution in [0.25, 0.3) is 0 Å². The summed E-state index contributed by atoms with van der Waals surface area (Å²) in [5, 5.41) is 0. The van der Waals surface area contributed by atoms with Crippen molar-refractivity contribution in [1.82, 2.24) is 9.03 Å². The molecule has 0 aromatic heterocycles. The monoisotopic (exact) mass is 302 g/mol. The molecule has 7 heteroatoms. The molecule has 1 N–H and O–H groups in total. The number of rotatable bonds is 8. The summed E-state index contributed by atoms with van der Waals surface area (Å²) in [5.74, 6) is 0. The van der Waals surface area contributed by atoms with Crippen molar-refractivity contribution in [3.63, 3.8) is 0 Å². The molecule has 0 heterocycles. The third kappa shape index (κ3) is 5.82. The molecule has 0 saturated heterocycles. The van der Waals surface area contributed by atoms with E-state index in [0.717, 1.165) is 0 Å². The summed E-state index contributed by atoms with van der Waals surface area (Å²) >= 11 is 3.31. The molecular formula is C8H19BrN2O3S. The van der Waals surface area contributed by atoms with Crippen molar-refractivity contribution in [2.75, 3.05) is 33.4 Å². The lowest BCUT2D eigenvalue weighted by atomic mass is 10.5. The van der Waals surface area contributed by atoms with Gasteiger partial charge in [0.2, 0.25) is 0 Å². The van der Waals surface area contributed by atoms with E-state index in [9.17, 15) is 8.42 Å². The zero-order valence-electron chi connectivity index (χ0n) is 9.36. The fourth-order valence-electron chi connectivity index (χ4n) is 1.09. The van der Waals surface area contributed by atoms with Gasteiger partial charge in [-0.15, -0.1) is 0 Å². The van der Waals surface area contributed by atoms with Gasteiger partial charge >= 0.3 is 0 Å². The van der Waals surface area contributed by atoms with Crippen LogP contribution in [0.2, 0.25) is 0 Å². The quantitative estimate of drug-likeness (QED) is 0.667. The van der Waals surface area contributed by atoms with Crippen LogP contribution in [0.4, 0.5) is 0 Å². The number of hydrogen-bond donors (Lipinski definition) is 1. The predicted molar refractivity (Wildman–Crippen MR) is 64.4 cm³/mol. The highest BCUT2D eigenvalue weighted by Gasteiger charge is 2.18. The van der Waals surface area contributed by atoms with Gasteiger partial charge in [0.05, 0.1) is 11.4 Å². The van der Waals surface area contributed by atoms with E-state index in [2.05, 4.69) is 20.7 Å². The molecule has 92 valence electrons. The summed E-state index contributed by atoms with van der Waals surface area (Å²) in [6, 6.07) is 0. The number of nitrogens with one attached hydrogen (secondary N) is 1. The molecule has 1 unspecified atom stereocenters. The first kappa shape index (κ1) is 15.3. The summed E-state index contributed by atoms with van der Waals surface area (Å²) in [6.45, 7) is 5.37. The Balaban J connectivity index is 4.14. The van der Waals surface area contributed by atoms with Gasteiger partial charge in [-0.1, -0.05) is 29.8 Å². The summed E-state index contributed by atoms with van der Waals surface area (Å²) in [5.41, 5.74) is 0. The van der Waals surface area contributed by atoms with Crippen LogP contribution >= 0.6 is 15.9 Å². The molecule has 0 spiro atoms. The molecule has 0 aliphatic rings. The van der Waals surface area contributed by atoms with Gasteiger partial charge in [0.1, 0.15) is 0 Å². The molecule has 5 nitrogen and oxygen atoms in total. The third-order valence-corrected chi connectivity index (χ3v) is 4.20. The van der Waals surface area contributed by atoms with Crippen molar-refractivity contribution in [1.29, 1.82) is 0 Å². The highest BCUT2D eigenvalue weighted by Crippen LogP contribution is 2.01. The summed E-state index contributed by atoms with van der Waals surface area (Å²) in [6.07, 6.45) is 0.